The van der Waals surface area contributed by atoms with Gasteiger partial charge in [-0.3, -0.25) is 14.0 Å². The highest BCUT2D eigenvalue weighted by atomic mass is 16.5. The minimum absolute atomic E-state index is 0.0255. The number of carbonyl (C=O) groups excluding carboxylic acids is 1. The molecule has 1 N–H and O–H groups in total. The van der Waals surface area contributed by atoms with E-state index in [1.807, 2.05) is 24.3 Å². The monoisotopic (exact) mass is 321 g/mol. The molecule has 1 aliphatic rings. The van der Waals surface area contributed by atoms with Crippen LogP contribution in [-0.2, 0) is 6.42 Å². The molecule has 0 radical (unpaired) electrons. The molecule has 6 nitrogen and oxygen atoms in total. The van der Waals surface area contributed by atoms with Gasteiger partial charge in [-0.15, -0.1) is 0 Å². The molecule has 24 heavy (non-hydrogen) atoms. The van der Waals surface area contributed by atoms with Gasteiger partial charge in [-0.1, -0.05) is 24.3 Å². The number of nitrogens with zero attached hydrogens (tertiary/aromatic N) is 2. The summed E-state index contributed by atoms with van der Waals surface area (Å²) < 4.78 is 7.02. The first-order valence-electron chi connectivity index (χ1n) is 7.70. The molecule has 1 atom stereocenters. The van der Waals surface area contributed by atoms with Crippen LogP contribution in [0.3, 0.4) is 0 Å². The number of aromatic nitrogens is 2. The Hall–Kier alpha value is -3.15. The Morgan fingerprint density at radius 2 is 2.04 bits per heavy atom. The van der Waals surface area contributed by atoms with E-state index in [-0.39, 0.29) is 17.2 Å². The Morgan fingerprint density at radius 3 is 2.96 bits per heavy atom. The van der Waals surface area contributed by atoms with E-state index in [0.29, 0.717) is 18.7 Å². The number of hydrogen-bond acceptors (Lipinski definition) is 4. The van der Waals surface area contributed by atoms with Gasteiger partial charge in [0.25, 0.3) is 11.5 Å². The molecular formula is C18H15N3O3. The fourth-order valence-corrected chi connectivity index (χ4v) is 2.87. The minimum atomic E-state index is -0.432. The molecule has 0 fully saturated rings. The summed E-state index contributed by atoms with van der Waals surface area (Å²) in [5.41, 5.74) is 1.20. The second-order valence-electron chi connectivity index (χ2n) is 5.70. The number of amides is 1. The van der Waals surface area contributed by atoms with Crippen LogP contribution >= 0.6 is 0 Å². The maximum absolute atomic E-state index is 12.5. The fourth-order valence-electron chi connectivity index (χ4n) is 2.87. The summed E-state index contributed by atoms with van der Waals surface area (Å²) in [7, 11) is 0. The second kappa shape index (κ2) is 5.81. The lowest BCUT2D eigenvalue weighted by Crippen LogP contribution is -2.44. The van der Waals surface area contributed by atoms with Crippen LogP contribution < -0.4 is 15.6 Å². The maximum atomic E-state index is 12.5. The van der Waals surface area contributed by atoms with Crippen molar-refractivity contribution < 1.29 is 9.53 Å². The average Bonchev–Trinajstić information content (AvgIpc) is 2.62. The molecule has 3 heterocycles. The van der Waals surface area contributed by atoms with Gasteiger partial charge in [0.1, 0.15) is 23.6 Å². The SMILES string of the molecule is O=C(N[C@H]1COc2ccccc2C1)c1cnc2ccccn2c1=O. The maximum Gasteiger partial charge on any atom is 0.270 e. The van der Waals surface area contributed by atoms with Crippen molar-refractivity contribution in [1.29, 1.82) is 0 Å². The predicted octanol–water partition coefficient (Wildman–Crippen LogP) is 1.43. The van der Waals surface area contributed by atoms with Gasteiger partial charge in [-0.2, -0.15) is 0 Å². The summed E-state index contributed by atoms with van der Waals surface area (Å²) in [6.45, 7) is 0.380. The zero-order valence-corrected chi connectivity index (χ0v) is 12.8. The number of nitrogens with one attached hydrogen (secondary N) is 1. The standard InChI is InChI=1S/C18H15N3O3/c22-17(14-10-19-16-7-3-4-8-21(16)18(14)23)20-13-9-12-5-1-2-6-15(12)24-11-13/h1-8,10,13H,9,11H2,(H,20,22)/t13-/m1/s1. The van der Waals surface area contributed by atoms with E-state index in [9.17, 15) is 9.59 Å². The number of ether oxygens (including phenoxy) is 1. The third-order valence-electron chi connectivity index (χ3n) is 4.07. The topological polar surface area (TPSA) is 72.7 Å². The molecule has 6 heteroatoms. The number of benzene rings is 1. The number of hydrogen-bond donors (Lipinski definition) is 1. The van der Waals surface area contributed by atoms with Gasteiger partial charge in [-0.05, 0) is 30.2 Å². The predicted molar refractivity (Wildman–Crippen MR) is 88.4 cm³/mol. The number of pyridine rings is 1. The van der Waals surface area contributed by atoms with E-state index in [4.69, 9.17) is 4.74 Å². The molecule has 0 aliphatic carbocycles. The fraction of sp³-hybridized carbons (Fsp3) is 0.167. The summed E-state index contributed by atoms with van der Waals surface area (Å²) in [6, 6.07) is 12.8. The Labute approximate surface area is 137 Å². The lowest BCUT2D eigenvalue weighted by Gasteiger charge is -2.25. The van der Waals surface area contributed by atoms with E-state index in [1.54, 1.807) is 24.4 Å². The first-order chi connectivity index (χ1) is 11.7. The van der Waals surface area contributed by atoms with E-state index in [0.717, 1.165) is 11.3 Å². The van der Waals surface area contributed by atoms with Crippen LogP contribution in [0, 0.1) is 0 Å². The zero-order valence-electron chi connectivity index (χ0n) is 12.8. The average molecular weight is 321 g/mol. The number of fused-ring (bicyclic) bond motifs is 2. The number of para-hydroxylation sites is 1. The van der Waals surface area contributed by atoms with Crippen LogP contribution in [0.4, 0.5) is 0 Å². The highest BCUT2D eigenvalue weighted by Gasteiger charge is 2.23. The molecule has 0 unspecified atom stereocenters. The van der Waals surface area contributed by atoms with Crippen LogP contribution in [0.2, 0.25) is 0 Å². The largest absolute Gasteiger partial charge is 0.491 e. The molecule has 0 bridgehead atoms. The van der Waals surface area contributed by atoms with Gasteiger partial charge in [0.15, 0.2) is 0 Å². The molecule has 0 spiro atoms. The van der Waals surface area contributed by atoms with Crippen molar-refractivity contribution in [3.63, 3.8) is 0 Å². The zero-order chi connectivity index (χ0) is 16.5. The van der Waals surface area contributed by atoms with Crippen molar-refractivity contribution in [2.75, 3.05) is 6.61 Å². The third-order valence-corrected chi connectivity index (χ3v) is 4.07. The molecule has 1 amide bonds. The van der Waals surface area contributed by atoms with Gasteiger partial charge < -0.3 is 10.1 Å². The number of rotatable bonds is 2. The van der Waals surface area contributed by atoms with E-state index >= 15 is 0 Å². The van der Waals surface area contributed by atoms with Crippen LogP contribution in [0.5, 0.6) is 5.75 Å². The molecule has 0 saturated carbocycles. The lowest BCUT2D eigenvalue weighted by molar-refractivity contribution is 0.0913. The highest BCUT2D eigenvalue weighted by Crippen LogP contribution is 2.23. The summed E-state index contributed by atoms with van der Waals surface area (Å²) in [5.74, 6) is 0.411. The Kier molecular flexibility index (Phi) is 3.49. The van der Waals surface area contributed by atoms with Gasteiger partial charge in [0.05, 0.1) is 6.04 Å². The molecule has 1 aromatic carbocycles. The molecule has 1 aliphatic heterocycles. The summed E-state index contributed by atoms with van der Waals surface area (Å²) in [4.78, 5) is 29.1. The number of carbonyl (C=O) groups is 1. The van der Waals surface area contributed by atoms with E-state index in [1.165, 1.54) is 10.6 Å². The normalized spacial score (nSPS) is 16.2. The first kappa shape index (κ1) is 14.4. The van der Waals surface area contributed by atoms with Crippen molar-refractivity contribution in [3.05, 3.63) is 76.3 Å². The van der Waals surface area contributed by atoms with Gasteiger partial charge >= 0.3 is 0 Å². The van der Waals surface area contributed by atoms with Crippen LogP contribution in [0.15, 0.2) is 59.7 Å². The van der Waals surface area contributed by atoms with Gasteiger partial charge in [0, 0.05) is 12.4 Å². The lowest BCUT2D eigenvalue weighted by atomic mass is 10.0. The van der Waals surface area contributed by atoms with E-state index < -0.39 is 5.91 Å². The molecule has 2 aromatic heterocycles. The second-order valence-corrected chi connectivity index (χ2v) is 5.70. The molecule has 0 saturated heterocycles. The Morgan fingerprint density at radius 1 is 1.21 bits per heavy atom. The smallest absolute Gasteiger partial charge is 0.270 e. The van der Waals surface area contributed by atoms with Gasteiger partial charge in [0.2, 0.25) is 0 Å². The van der Waals surface area contributed by atoms with Crippen molar-refractivity contribution in [1.82, 2.24) is 14.7 Å². The first-order valence-corrected chi connectivity index (χ1v) is 7.70. The van der Waals surface area contributed by atoms with E-state index in [2.05, 4.69) is 10.3 Å². The third kappa shape index (κ3) is 2.52. The van der Waals surface area contributed by atoms with Crippen LogP contribution in [0.1, 0.15) is 15.9 Å². The molecular weight excluding hydrogens is 306 g/mol. The summed E-state index contributed by atoms with van der Waals surface area (Å²) in [5, 5.41) is 2.86. The van der Waals surface area contributed by atoms with Crippen molar-refractivity contribution in [3.8, 4) is 5.75 Å². The minimum Gasteiger partial charge on any atom is -0.491 e. The molecule has 3 aromatic rings. The highest BCUT2D eigenvalue weighted by molar-refractivity contribution is 5.94. The summed E-state index contributed by atoms with van der Waals surface area (Å²) in [6.07, 6.45) is 3.59. The molecule has 120 valence electrons. The van der Waals surface area contributed by atoms with Gasteiger partial charge in [-0.25, -0.2) is 4.98 Å². The summed E-state index contributed by atoms with van der Waals surface area (Å²) >= 11 is 0. The van der Waals surface area contributed by atoms with Crippen molar-refractivity contribution >= 4 is 11.6 Å². The Balaban J connectivity index is 1.57. The van der Waals surface area contributed by atoms with Crippen LogP contribution in [0.25, 0.3) is 5.65 Å². The van der Waals surface area contributed by atoms with Crippen molar-refractivity contribution in [2.24, 2.45) is 0 Å². The Bertz CT molecular complexity index is 980. The molecule has 4 rings (SSSR count). The van der Waals surface area contributed by atoms with Crippen LogP contribution in [-0.4, -0.2) is 27.9 Å². The van der Waals surface area contributed by atoms with Crippen molar-refractivity contribution in [2.45, 2.75) is 12.5 Å². The quantitative estimate of drug-likeness (QED) is 0.775.